The first kappa shape index (κ1) is 17.0. The van der Waals surface area contributed by atoms with Crippen LogP contribution in [0.5, 0.6) is 0 Å². The predicted octanol–water partition coefficient (Wildman–Crippen LogP) is 1.19. The van der Waals surface area contributed by atoms with E-state index in [1.807, 2.05) is 0 Å². The zero-order valence-corrected chi connectivity index (χ0v) is 12.7. The Morgan fingerprint density at radius 3 is 2.40 bits per heavy atom. The van der Waals surface area contributed by atoms with Crippen molar-refractivity contribution in [3.05, 3.63) is 0 Å². The van der Waals surface area contributed by atoms with Crippen LogP contribution in [0.2, 0.25) is 0 Å². The van der Waals surface area contributed by atoms with Gasteiger partial charge in [-0.2, -0.15) is 0 Å². The summed E-state index contributed by atoms with van der Waals surface area (Å²) >= 11 is 0. The minimum Gasteiger partial charge on any atom is -0.353 e. The molecule has 1 aliphatic carbocycles. The van der Waals surface area contributed by atoms with Gasteiger partial charge in [0.2, 0.25) is 11.8 Å². The molecular formula is C15H29N3O2. The average molecular weight is 283 g/mol. The first-order chi connectivity index (χ1) is 9.72. The first-order valence-corrected chi connectivity index (χ1v) is 7.96. The lowest BCUT2D eigenvalue weighted by molar-refractivity contribution is -0.126. The van der Waals surface area contributed by atoms with Crippen LogP contribution >= 0.6 is 0 Å². The fraction of sp³-hybridized carbons (Fsp3) is 0.867. The Morgan fingerprint density at radius 2 is 1.70 bits per heavy atom. The smallest absolute Gasteiger partial charge is 0.239 e. The SMILES string of the molecule is CCCNCCNC(=O)CNC(=O)CC1CCCCC1. The molecule has 0 atom stereocenters. The topological polar surface area (TPSA) is 70.2 Å². The van der Waals surface area contributed by atoms with E-state index < -0.39 is 0 Å². The third kappa shape index (κ3) is 8.15. The van der Waals surface area contributed by atoms with Crippen LogP contribution in [0.25, 0.3) is 0 Å². The van der Waals surface area contributed by atoms with Crippen LogP contribution in [0.4, 0.5) is 0 Å². The second-order valence-electron chi connectivity index (χ2n) is 5.58. The molecule has 0 aromatic rings. The van der Waals surface area contributed by atoms with Gasteiger partial charge in [-0.15, -0.1) is 0 Å². The zero-order chi connectivity index (χ0) is 14.6. The van der Waals surface area contributed by atoms with Gasteiger partial charge in [-0.1, -0.05) is 26.2 Å². The lowest BCUT2D eigenvalue weighted by Crippen LogP contribution is -2.40. The van der Waals surface area contributed by atoms with Crippen LogP contribution in [0.15, 0.2) is 0 Å². The summed E-state index contributed by atoms with van der Waals surface area (Å²) in [5.41, 5.74) is 0. The van der Waals surface area contributed by atoms with Gasteiger partial charge >= 0.3 is 0 Å². The van der Waals surface area contributed by atoms with Crippen LogP contribution in [-0.2, 0) is 9.59 Å². The third-order valence-corrected chi connectivity index (χ3v) is 3.70. The van der Waals surface area contributed by atoms with Crippen LogP contribution in [0.1, 0.15) is 51.9 Å². The van der Waals surface area contributed by atoms with Crippen molar-refractivity contribution in [1.82, 2.24) is 16.0 Å². The summed E-state index contributed by atoms with van der Waals surface area (Å²) in [5.74, 6) is 0.418. The second kappa shape index (κ2) is 10.7. The molecule has 5 heteroatoms. The number of hydrogen-bond acceptors (Lipinski definition) is 3. The summed E-state index contributed by atoms with van der Waals surface area (Å²) < 4.78 is 0. The molecule has 0 radical (unpaired) electrons. The van der Waals surface area contributed by atoms with E-state index in [0.29, 0.717) is 18.9 Å². The van der Waals surface area contributed by atoms with Gasteiger partial charge in [0.25, 0.3) is 0 Å². The van der Waals surface area contributed by atoms with Crippen LogP contribution in [-0.4, -0.2) is 38.0 Å². The predicted molar refractivity (Wildman–Crippen MR) is 80.4 cm³/mol. The highest BCUT2D eigenvalue weighted by Gasteiger charge is 2.17. The molecule has 0 bridgehead atoms. The van der Waals surface area contributed by atoms with Gasteiger partial charge in [-0.25, -0.2) is 0 Å². The molecular weight excluding hydrogens is 254 g/mol. The summed E-state index contributed by atoms with van der Waals surface area (Å²) in [5, 5.41) is 8.70. The van der Waals surface area contributed by atoms with Gasteiger partial charge in [0.05, 0.1) is 6.54 Å². The van der Waals surface area contributed by atoms with Crippen molar-refractivity contribution in [3.63, 3.8) is 0 Å². The Bertz CT molecular complexity index is 289. The van der Waals surface area contributed by atoms with Crippen molar-refractivity contribution in [2.75, 3.05) is 26.2 Å². The van der Waals surface area contributed by atoms with Crippen LogP contribution in [0, 0.1) is 5.92 Å². The Labute approximate surface area is 122 Å². The largest absolute Gasteiger partial charge is 0.353 e. The number of hydrogen-bond donors (Lipinski definition) is 3. The molecule has 2 amide bonds. The van der Waals surface area contributed by atoms with E-state index in [4.69, 9.17) is 0 Å². The van der Waals surface area contributed by atoms with Crippen molar-refractivity contribution in [1.29, 1.82) is 0 Å². The van der Waals surface area contributed by atoms with E-state index in [0.717, 1.165) is 32.4 Å². The van der Waals surface area contributed by atoms with Gasteiger partial charge in [-0.3, -0.25) is 9.59 Å². The van der Waals surface area contributed by atoms with Crippen molar-refractivity contribution < 1.29 is 9.59 Å². The quantitative estimate of drug-likeness (QED) is 0.557. The van der Waals surface area contributed by atoms with E-state index in [1.54, 1.807) is 0 Å². The molecule has 0 heterocycles. The highest BCUT2D eigenvalue weighted by molar-refractivity contribution is 5.84. The molecule has 5 nitrogen and oxygen atoms in total. The molecule has 20 heavy (non-hydrogen) atoms. The molecule has 3 N–H and O–H groups in total. The molecule has 1 fully saturated rings. The standard InChI is InChI=1S/C15H29N3O2/c1-2-8-16-9-10-17-15(20)12-18-14(19)11-13-6-4-3-5-7-13/h13,16H,2-12H2,1H3,(H,17,20)(H,18,19). The third-order valence-electron chi connectivity index (χ3n) is 3.70. The molecule has 0 unspecified atom stereocenters. The van der Waals surface area contributed by atoms with Gasteiger partial charge in [0.15, 0.2) is 0 Å². The fourth-order valence-corrected chi connectivity index (χ4v) is 2.56. The van der Waals surface area contributed by atoms with Crippen molar-refractivity contribution >= 4 is 11.8 Å². The number of rotatable bonds is 9. The van der Waals surface area contributed by atoms with E-state index in [9.17, 15) is 9.59 Å². The number of carbonyl (C=O) groups is 2. The minimum absolute atomic E-state index is 0.0103. The Kier molecular flexibility index (Phi) is 9.04. The summed E-state index contributed by atoms with van der Waals surface area (Å²) in [6.45, 7) is 4.55. The Balaban J connectivity index is 2.00. The molecule has 0 spiro atoms. The summed E-state index contributed by atoms with van der Waals surface area (Å²) in [6, 6.07) is 0. The van der Waals surface area contributed by atoms with Gasteiger partial charge < -0.3 is 16.0 Å². The fourth-order valence-electron chi connectivity index (χ4n) is 2.56. The van der Waals surface area contributed by atoms with E-state index >= 15 is 0 Å². The van der Waals surface area contributed by atoms with Crippen molar-refractivity contribution in [3.8, 4) is 0 Å². The summed E-state index contributed by atoms with van der Waals surface area (Å²) in [4.78, 5) is 23.2. The average Bonchev–Trinajstić information content (AvgIpc) is 2.46. The monoisotopic (exact) mass is 283 g/mol. The number of amides is 2. The maximum atomic E-state index is 11.7. The second-order valence-corrected chi connectivity index (χ2v) is 5.58. The molecule has 0 saturated heterocycles. The number of nitrogens with one attached hydrogen (secondary N) is 3. The normalized spacial score (nSPS) is 15.8. The Hall–Kier alpha value is -1.10. The zero-order valence-electron chi connectivity index (χ0n) is 12.7. The van der Waals surface area contributed by atoms with Crippen LogP contribution < -0.4 is 16.0 Å². The minimum atomic E-state index is -0.111. The summed E-state index contributed by atoms with van der Waals surface area (Å²) in [6.07, 6.45) is 7.75. The maximum Gasteiger partial charge on any atom is 0.239 e. The van der Waals surface area contributed by atoms with Crippen LogP contribution in [0.3, 0.4) is 0 Å². The van der Waals surface area contributed by atoms with E-state index in [2.05, 4.69) is 22.9 Å². The molecule has 1 saturated carbocycles. The molecule has 116 valence electrons. The van der Waals surface area contributed by atoms with E-state index in [1.165, 1.54) is 19.3 Å². The highest BCUT2D eigenvalue weighted by atomic mass is 16.2. The first-order valence-electron chi connectivity index (χ1n) is 7.96. The van der Waals surface area contributed by atoms with Gasteiger partial charge in [-0.05, 0) is 31.7 Å². The molecule has 1 rings (SSSR count). The van der Waals surface area contributed by atoms with Crippen molar-refractivity contribution in [2.24, 2.45) is 5.92 Å². The lowest BCUT2D eigenvalue weighted by Gasteiger charge is -2.20. The molecule has 0 aliphatic heterocycles. The lowest BCUT2D eigenvalue weighted by atomic mass is 9.87. The summed E-state index contributed by atoms with van der Waals surface area (Å²) in [7, 11) is 0. The van der Waals surface area contributed by atoms with Gasteiger partial charge in [0.1, 0.15) is 0 Å². The molecule has 0 aromatic carbocycles. The molecule has 0 aromatic heterocycles. The number of carbonyl (C=O) groups excluding carboxylic acids is 2. The molecule has 1 aliphatic rings. The highest BCUT2D eigenvalue weighted by Crippen LogP contribution is 2.25. The van der Waals surface area contributed by atoms with Gasteiger partial charge in [0, 0.05) is 19.5 Å². The van der Waals surface area contributed by atoms with E-state index in [-0.39, 0.29) is 18.4 Å². The van der Waals surface area contributed by atoms with Crippen molar-refractivity contribution in [2.45, 2.75) is 51.9 Å². The maximum absolute atomic E-state index is 11.7. The Morgan fingerprint density at radius 1 is 0.950 bits per heavy atom.